The summed E-state index contributed by atoms with van der Waals surface area (Å²) in [4.78, 5) is 12.2. The van der Waals surface area contributed by atoms with E-state index in [1.807, 2.05) is 6.07 Å². The molecule has 20 heavy (non-hydrogen) atoms. The third-order valence-electron chi connectivity index (χ3n) is 5.55. The van der Waals surface area contributed by atoms with Crippen molar-refractivity contribution in [2.75, 3.05) is 6.54 Å². The average Bonchev–Trinajstić information content (AvgIpc) is 2.94. The number of carbonyl (C=O) groups is 1. The first-order valence-electron chi connectivity index (χ1n) is 7.87. The highest BCUT2D eigenvalue weighted by molar-refractivity contribution is 5.97. The Kier molecular flexibility index (Phi) is 2.76. The molecule has 0 radical (unpaired) electrons. The molecule has 1 aromatic carbocycles. The molecule has 106 valence electrons. The quantitative estimate of drug-likeness (QED) is 0.888. The molecule has 2 saturated carbocycles. The van der Waals surface area contributed by atoms with Crippen LogP contribution in [0, 0.1) is 17.8 Å². The fourth-order valence-electron chi connectivity index (χ4n) is 4.07. The predicted molar refractivity (Wildman–Crippen MR) is 76.8 cm³/mol. The number of rotatable bonds is 3. The SMILES string of the molecule is O=C(NCC1C2CCC21)c1cc2c(cc1O)CCCC2. The molecule has 2 N–H and O–H groups in total. The number of fused-ring (bicyclic) bond motifs is 2. The number of hydrogen-bond acceptors (Lipinski definition) is 2. The molecule has 0 spiro atoms. The molecule has 0 bridgehead atoms. The smallest absolute Gasteiger partial charge is 0.255 e. The zero-order chi connectivity index (χ0) is 13.7. The van der Waals surface area contributed by atoms with Crippen molar-refractivity contribution in [2.24, 2.45) is 17.8 Å². The van der Waals surface area contributed by atoms with Crippen LogP contribution < -0.4 is 5.32 Å². The van der Waals surface area contributed by atoms with Gasteiger partial charge in [0.05, 0.1) is 5.56 Å². The predicted octanol–water partition coefficient (Wildman–Crippen LogP) is 2.66. The van der Waals surface area contributed by atoms with E-state index in [-0.39, 0.29) is 11.7 Å². The molecule has 0 heterocycles. The summed E-state index contributed by atoms with van der Waals surface area (Å²) in [6.07, 6.45) is 7.11. The van der Waals surface area contributed by atoms with Crippen LogP contribution in [-0.4, -0.2) is 17.6 Å². The number of benzene rings is 1. The molecule has 2 unspecified atom stereocenters. The number of aromatic hydroxyl groups is 1. The van der Waals surface area contributed by atoms with E-state index in [0.717, 1.165) is 31.2 Å². The van der Waals surface area contributed by atoms with E-state index in [2.05, 4.69) is 5.32 Å². The maximum Gasteiger partial charge on any atom is 0.255 e. The Bertz CT molecular complexity index is 556. The summed E-state index contributed by atoms with van der Waals surface area (Å²) in [5.41, 5.74) is 2.91. The fourth-order valence-corrected chi connectivity index (χ4v) is 4.07. The van der Waals surface area contributed by atoms with Crippen molar-refractivity contribution >= 4 is 5.91 Å². The molecule has 3 aliphatic carbocycles. The molecule has 3 heteroatoms. The summed E-state index contributed by atoms with van der Waals surface area (Å²) in [7, 11) is 0. The van der Waals surface area contributed by atoms with Crippen LogP contribution in [0.3, 0.4) is 0 Å². The molecule has 1 amide bonds. The van der Waals surface area contributed by atoms with Crippen molar-refractivity contribution in [3.05, 3.63) is 28.8 Å². The lowest BCUT2D eigenvalue weighted by molar-refractivity contribution is 0.0948. The minimum absolute atomic E-state index is 0.109. The molecular weight excluding hydrogens is 250 g/mol. The minimum atomic E-state index is -0.109. The van der Waals surface area contributed by atoms with E-state index in [9.17, 15) is 9.90 Å². The highest BCUT2D eigenvalue weighted by Crippen LogP contribution is 2.60. The molecule has 3 nitrogen and oxygen atoms in total. The molecule has 1 aromatic rings. The van der Waals surface area contributed by atoms with Gasteiger partial charge >= 0.3 is 0 Å². The Labute approximate surface area is 119 Å². The molecule has 3 aliphatic rings. The summed E-state index contributed by atoms with van der Waals surface area (Å²) in [5, 5.41) is 13.1. The average molecular weight is 271 g/mol. The number of phenolic OH excluding ortho intramolecular Hbond substituents is 1. The number of aryl methyl sites for hydroxylation is 2. The first-order chi connectivity index (χ1) is 9.74. The van der Waals surface area contributed by atoms with Crippen LogP contribution in [0.4, 0.5) is 0 Å². The van der Waals surface area contributed by atoms with E-state index in [1.165, 1.54) is 36.8 Å². The van der Waals surface area contributed by atoms with E-state index in [1.54, 1.807) is 6.07 Å². The maximum atomic E-state index is 12.2. The van der Waals surface area contributed by atoms with Gasteiger partial charge in [-0.05, 0) is 79.5 Å². The Morgan fingerprint density at radius 2 is 1.80 bits per heavy atom. The highest BCUT2D eigenvalue weighted by atomic mass is 16.3. The number of carbonyl (C=O) groups excluding carboxylic acids is 1. The third-order valence-corrected chi connectivity index (χ3v) is 5.55. The van der Waals surface area contributed by atoms with Gasteiger partial charge < -0.3 is 10.4 Å². The van der Waals surface area contributed by atoms with Crippen molar-refractivity contribution in [1.29, 1.82) is 0 Å². The standard InChI is InChI=1S/C17H21NO2/c19-16-8-11-4-2-1-3-10(11)7-14(16)17(20)18-9-15-12-5-6-13(12)15/h7-8,12-13,15,19H,1-6,9H2,(H,18,20). The topological polar surface area (TPSA) is 49.3 Å². The largest absolute Gasteiger partial charge is 0.507 e. The van der Waals surface area contributed by atoms with E-state index >= 15 is 0 Å². The van der Waals surface area contributed by atoms with E-state index < -0.39 is 0 Å². The normalized spacial score (nSPS) is 29.9. The zero-order valence-corrected chi connectivity index (χ0v) is 11.7. The lowest BCUT2D eigenvalue weighted by Gasteiger charge is -2.17. The molecule has 0 aromatic heterocycles. The fraction of sp³-hybridized carbons (Fsp3) is 0.588. The van der Waals surface area contributed by atoms with Gasteiger partial charge in [0.25, 0.3) is 5.91 Å². The summed E-state index contributed by atoms with van der Waals surface area (Å²) in [6, 6.07) is 3.70. The lowest BCUT2D eigenvalue weighted by atomic mass is 9.90. The molecule has 0 aliphatic heterocycles. The summed E-state index contributed by atoms with van der Waals surface area (Å²) >= 11 is 0. The Morgan fingerprint density at radius 1 is 1.15 bits per heavy atom. The summed E-state index contributed by atoms with van der Waals surface area (Å²) in [6.45, 7) is 0.782. The van der Waals surface area contributed by atoms with Crippen LogP contribution in [0.15, 0.2) is 12.1 Å². The van der Waals surface area contributed by atoms with Gasteiger partial charge in [0.2, 0.25) is 0 Å². The van der Waals surface area contributed by atoms with Gasteiger partial charge in [-0.2, -0.15) is 0 Å². The third kappa shape index (κ3) is 1.91. The minimum Gasteiger partial charge on any atom is -0.507 e. The van der Waals surface area contributed by atoms with Gasteiger partial charge in [-0.25, -0.2) is 0 Å². The second kappa shape index (κ2) is 4.51. The number of nitrogens with one attached hydrogen (secondary N) is 1. The maximum absolute atomic E-state index is 12.2. The van der Waals surface area contributed by atoms with Crippen molar-refractivity contribution < 1.29 is 9.90 Å². The monoisotopic (exact) mass is 271 g/mol. The van der Waals surface area contributed by atoms with Crippen LogP contribution in [0.5, 0.6) is 5.75 Å². The molecule has 2 fully saturated rings. The van der Waals surface area contributed by atoms with Gasteiger partial charge in [0.15, 0.2) is 0 Å². The van der Waals surface area contributed by atoms with Crippen molar-refractivity contribution in [3.8, 4) is 5.75 Å². The van der Waals surface area contributed by atoms with Gasteiger partial charge in [-0.3, -0.25) is 4.79 Å². The van der Waals surface area contributed by atoms with Gasteiger partial charge in [-0.15, -0.1) is 0 Å². The first kappa shape index (κ1) is 12.2. The summed E-state index contributed by atoms with van der Waals surface area (Å²) in [5.74, 6) is 2.50. The number of hydrogen-bond donors (Lipinski definition) is 2. The van der Waals surface area contributed by atoms with Crippen LogP contribution in [0.1, 0.15) is 47.2 Å². The van der Waals surface area contributed by atoms with Crippen LogP contribution in [-0.2, 0) is 12.8 Å². The molecular formula is C17H21NO2. The summed E-state index contributed by atoms with van der Waals surface area (Å²) < 4.78 is 0. The van der Waals surface area contributed by atoms with Crippen molar-refractivity contribution in [1.82, 2.24) is 5.32 Å². The zero-order valence-electron chi connectivity index (χ0n) is 11.7. The number of phenols is 1. The van der Waals surface area contributed by atoms with E-state index in [0.29, 0.717) is 11.5 Å². The Morgan fingerprint density at radius 3 is 2.45 bits per heavy atom. The Hall–Kier alpha value is -1.51. The number of amides is 1. The van der Waals surface area contributed by atoms with Gasteiger partial charge in [0, 0.05) is 6.54 Å². The van der Waals surface area contributed by atoms with E-state index in [4.69, 9.17) is 0 Å². The first-order valence-corrected chi connectivity index (χ1v) is 7.87. The second-order valence-corrected chi connectivity index (χ2v) is 6.62. The second-order valence-electron chi connectivity index (χ2n) is 6.62. The Balaban J connectivity index is 1.47. The van der Waals surface area contributed by atoms with Crippen molar-refractivity contribution in [3.63, 3.8) is 0 Å². The van der Waals surface area contributed by atoms with Crippen molar-refractivity contribution in [2.45, 2.75) is 38.5 Å². The van der Waals surface area contributed by atoms with Crippen LogP contribution in [0.25, 0.3) is 0 Å². The van der Waals surface area contributed by atoms with Gasteiger partial charge in [-0.1, -0.05) is 0 Å². The molecule has 2 atom stereocenters. The molecule has 0 saturated heterocycles. The van der Waals surface area contributed by atoms with Crippen LogP contribution >= 0.6 is 0 Å². The highest BCUT2D eigenvalue weighted by Gasteiger charge is 2.55. The molecule has 4 rings (SSSR count). The lowest BCUT2D eigenvalue weighted by Crippen LogP contribution is -2.26. The van der Waals surface area contributed by atoms with Crippen LogP contribution in [0.2, 0.25) is 0 Å². The van der Waals surface area contributed by atoms with Gasteiger partial charge in [0.1, 0.15) is 5.75 Å².